The van der Waals surface area contributed by atoms with Gasteiger partial charge in [0.15, 0.2) is 0 Å². The largest absolute Gasteiger partial charge is 0.497 e. The topological polar surface area (TPSA) is 39.1 Å². The lowest BCUT2D eigenvalue weighted by Gasteiger charge is -2.12. The molecule has 0 radical (unpaired) electrons. The molecule has 1 aromatic heterocycles. The highest BCUT2D eigenvalue weighted by Crippen LogP contribution is 2.22. The van der Waals surface area contributed by atoms with E-state index in [-0.39, 0.29) is 5.82 Å². The summed E-state index contributed by atoms with van der Waals surface area (Å²) >= 11 is 0. The second kappa shape index (κ2) is 7.11. The standard InChI is InChI=1S/C16H22FN3O/c1-4-13(5-2)20-9-8-12(19-20)11-18-16-10-14(21-3)6-7-15(16)17/h6-10,13,18H,4-5,11H2,1-3H3. The first-order valence-electron chi connectivity index (χ1n) is 7.29. The maximum absolute atomic E-state index is 13.7. The minimum Gasteiger partial charge on any atom is -0.497 e. The third-order valence-electron chi connectivity index (χ3n) is 3.61. The predicted octanol–water partition coefficient (Wildman–Crippen LogP) is 4.00. The normalized spacial score (nSPS) is 10.9. The van der Waals surface area contributed by atoms with Crippen molar-refractivity contribution in [3.63, 3.8) is 0 Å². The SMILES string of the molecule is CCC(CC)n1ccc(CNc2cc(OC)ccc2F)n1. The van der Waals surface area contributed by atoms with Crippen LogP contribution in [0.5, 0.6) is 5.75 Å². The highest BCUT2D eigenvalue weighted by Gasteiger charge is 2.09. The van der Waals surface area contributed by atoms with Gasteiger partial charge in [0.25, 0.3) is 0 Å². The molecule has 0 aliphatic rings. The Bertz CT molecular complexity index is 579. The van der Waals surface area contributed by atoms with Crippen LogP contribution >= 0.6 is 0 Å². The van der Waals surface area contributed by atoms with E-state index in [1.165, 1.54) is 6.07 Å². The molecule has 1 heterocycles. The van der Waals surface area contributed by atoms with Gasteiger partial charge in [-0.25, -0.2) is 4.39 Å². The number of nitrogens with one attached hydrogen (secondary N) is 1. The Labute approximate surface area is 124 Å². The van der Waals surface area contributed by atoms with Gasteiger partial charge in [-0.15, -0.1) is 0 Å². The van der Waals surface area contributed by atoms with Gasteiger partial charge in [-0.05, 0) is 31.0 Å². The number of hydrogen-bond acceptors (Lipinski definition) is 3. The first kappa shape index (κ1) is 15.4. The lowest BCUT2D eigenvalue weighted by atomic mass is 10.2. The summed E-state index contributed by atoms with van der Waals surface area (Å²) in [5, 5.41) is 7.60. The third kappa shape index (κ3) is 3.74. The molecule has 1 N–H and O–H groups in total. The first-order valence-corrected chi connectivity index (χ1v) is 7.29. The summed E-state index contributed by atoms with van der Waals surface area (Å²) in [6.07, 6.45) is 4.09. The molecule has 0 bridgehead atoms. The van der Waals surface area contributed by atoms with E-state index < -0.39 is 0 Å². The third-order valence-corrected chi connectivity index (χ3v) is 3.61. The molecule has 5 heteroatoms. The summed E-state index contributed by atoms with van der Waals surface area (Å²) in [5.74, 6) is 0.330. The molecule has 1 aromatic carbocycles. The van der Waals surface area contributed by atoms with Crippen molar-refractivity contribution < 1.29 is 9.13 Å². The number of methoxy groups -OCH3 is 1. The second-order valence-electron chi connectivity index (χ2n) is 4.96. The summed E-state index contributed by atoms with van der Waals surface area (Å²) in [7, 11) is 1.56. The Kier molecular flexibility index (Phi) is 5.20. The molecule has 0 unspecified atom stereocenters. The molecule has 0 fully saturated rings. The van der Waals surface area contributed by atoms with Crippen LogP contribution in [-0.2, 0) is 6.54 Å². The minimum absolute atomic E-state index is 0.296. The van der Waals surface area contributed by atoms with Crippen LogP contribution in [-0.4, -0.2) is 16.9 Å². The Balaban J connectivity index is 2.03. The Morgan fingerprint density at radius 3 is 2.71 bits per heavy atom. The smallest absolute Gasteiger partial charge is 0.146 e. The van der Waals surface area contributed by atoms with Crippen molar-refractivity contribution in [2.24, 2.45) is 0 Å². The van der Waals surface area contributed by atoms with E-state index in [4.69, 9.17) is 4.74 Å². The van der Waals surface area contributed by atoms with E-state index in [1.54, 1.807) is 19.2 Å². The van der Waals surface area contributed by atoms with Gasteiger partial charge in [0.05, 0.1) is 31.1 Å². The van der Waals surface area contributed by atoms with E-state index >= 15 is 0 Å². The maximum Gasteiger partial charge on any atom is 0.146 e. The minimum atomic E-state index is -0.296. The van der Waals surface area contributed by atoms with Gasteiger partial charge >= 0.3 is 0 Å². The molecule has 0 aliphatic carbocycles. The van der Waals surface area contributed by atoms with Crippen LogP contribution in [0.25, 0.3) is 0 Å². The quantitative estimate of drug-likeness (QED) is 0.838. The van der Waals surface area contributed by atoms with Gasteiger partial charge in [-0.3, -0.25) is 4.68 Å². The molecule has 0 atom stereocenters. The van der Waals surface area contributed by atoms with E-state index in [2.05, 4.69) is 24.3 Å². The molecule has 4 nitrogen and oxygen atoms in total. The number of aromatic nitrogens is 2. The Morgan fingerprint density at radius 1 is 1.29 bits per heavy atom. The number of halogens is 1. The van der Waals surface area contributed by atoms with Crippen molar-refractivity contribution in [3.8, 4) is 5.75 Å². The molecular weight excluding hydrogens is 269 g/mol. The Hall–Kier alpha value is -2.04. The van der Waals surface area contributed by atoms with Gasteiger partial charge in [-0.2, -0.15) is 5.10 Å². The summed E-state index contributed by atoms with van der Waals surface area (Å²) < 4.78 is 20.8. The van der Waals surface area contributed by atoms with Crippen molar-refractivity contribution in [1.82, 2.24) is 9.78 Å². The van der Waals surface area contributed by atoms with Gasteiger partial charge in [0.1, 0.15) is 11.6 Å². The molecule has 0 saturated carbocycles. The van der Waals surface area contributed by atoms with Crippen LogP contribution in [0.4, 0.5) is 10.1 Å². The number of rotatable bonds is 7. The van der Waals surface area contributed by atoms with Gasteiger partial charge in [0.2, 0.25) is 0 Å². The number of benzene rings is 1. The van der Waals surface area contributed by atoms with Crippen LogP contribution in [0.3, 0.4) is 0 Å². The Morgan fingerprint density at radius 2 is 2.05 bits per heavy atom. The molecule has 114 valence electrons. The molecule has 0 aliphatic heterocycles. The molecule has 2 rings (SSSR count). The van der Waals surface area contributed by atoms with Crippen molar-refractivity contribution in [1.29, 1.82) is 0 Å². The molecular formula is C16H22FN3O. The highest BCUT2D eigenvalue weighted by molar-refractivity contribution is 5.49. The van der Waals surface area contributed by atoms with Crippen LogP contribution in [0, 0.1) is 5.82 Å². The zero-order valence-electron chi connectivity index (χ0n) is 12.8. The summed E-state index contributed by atoms with van der Waals surface area (Å²) in [4.78, 5) is 0. The highest BCUT2D eigenvalue weighted by atomic mass is 19.1. The van der Waals surface area contributed by atoms with Gasteiger partial charge in [0, 0.05) is 12.3 Å². The lowest BCUT2D eigenvalue weighted by molar-refractivity contribution is 0.414. The first-order chi connectivity index (χ1) is 10.2. The summed E-state index contributed by atoms with van der Waals surface area (Å²) in [6, 6.07) is 7.02. The molecule has 21 heavy (non-hydrogen) atoms. The van der Waals surface area contributed by atoms with Crippen molar-refractivity contribution in [2.75, 3.05) is 12.4 Å². The number of hydrogen-bond donors (Lipinski definition) is 1. The molecule has 0 amide bonds. The number of ether oxygens (including phenoxy) is 1. The fourth-order valence-electron chi connectivity index (χ4n) is 2.29. The average Bonchev–Trinajstić information content (AvgIpc) is 2.96. The van der Waals surface area contributed by atoms with E-state index in [0.717, 1.165) is 18.5 Å². The lowest BCUT2D eigenvalue weighted by Crippen LogP contribution is -2.09. The van der Waals surface area contributed by atoms with Crippen LogP contribution < -0.4 is 10.1 Å². The van der Waals surface area contributed by atoms with Crippen molar-refractivity contribution in [3.05, 3.63) is 42.0 Å². The average molecular weight is 291 g/mol. The van der Waals surface area contributed by atoms with Gasteiger partial charge < -0.3 is 10.1 Å². The molecule has 0 saturated heterocycles. The van der Waals surface area contributed by atoms with E-state index in [0.29, 0.717) is 24.0 Å². The number of nitrogens with zero attached hydrogens (tertiary/aromatic N) is 2. The zero-order chi connectivity index (χ0) is 15.2. The number of anilines is 1. The molecule has 2 aromatic rings. The van der Waals surface area contributed by atoms with Gasteiger partial charge in [-0.1, -0.05) is 13.8 Å². The van der Waals surface area contributed by atoms with Crippen molar-refractivity contribution >= 4 is 5.69 Å². The van der Waals surface area contributed by atoms with Crippen LogP contribution in [0.1, 0.15) is 38.4 Å². The van der Waals surface area contributed by atoms with Crippen molar-refractivity contribution in [2.45, 2.75) is 39.3 Å². The van der Waals surface area contributed by atoms with E-state index in [1.807, 2.05) is 16.9 Å². The fraction of sp³-hybridized carbons (Fsp3) is 0.438. The predicted molar refractivity (Wildman–Crippen MR) is 82.1 cm³/mol. The summed E-state index contributed by atoms with van der Waals surface area (Å²) in [5.41, 5.74) is 1.32. The maximum atomic E-state index is 13.7. The monoisotopic (exact) mass is 291 g/mol. The second-order valence-corrected chi connectivity index (χ2v) is 4.96. The van der Waals surface area contributed by atoms with E-state index in [9.17, 15) is 4.39 Å². The fourth-order valence-corrected chi connectivity index (χ4v) is 2.29. The molecule has 0 spiro atoms. The summed E-state index contributed by atoms with van der Waals surface area (Å²) in [6.45, 7) is 4.79. The van der Waals surface area contributed by atoms with Crippen LogP contribution in [0.15, 0.2) is 30.5 Å². The van der Waals surface area contributed by atoms with Crippen LogP contribution in [0.2, 0.25) is 0 Å². The zero-order valence-corrected chi connectivity index (χ0v) is 12.8.